The Labute approximate surface area is 126 Å². The number of benzene rings is 1. The molecule has 3 aromatic heterocycles. The smallest absolute Gasteiger partial charge is 0.209 e. The largest absolute Gasteiger partial charge is 0.320 e. The predicted molar refractivity (Wildman–Crippen MR) is 82.9 cm³/mol. The van der Waals surface area contributed by atoms with Crippen molar-refractivity contribution in [3.63, 3.8) is 0 Å². The van der Waals surface area contributed by atoms with E-state index in [1.165, 1.54) is 0 Å². The quantitative estimate of drug-likeness (QED) is 0.531. The summed E-state index contributed by atoms with van der Waals surface area (Å²) in [7, 11) is 0. The molecule has 0 radical (unpaired) electrons. The zero-order valence-electron chi connectivity index (χ0n) is 11.6. The van der Waals surface area contributed by atoms with Crippen LogP contribution in [0.2, 0.25) is 0 Å². The molecular weight excluding hydrogens is 274 g/mol. The lowest BCUT2D eigenvalue weighted by molar-refractivity contribution is 0.103. The van der Waals surface area contributed by atoms with E-state index in [1.807, 2.05) is 53.3 Å². The molecule has 4 aromatic rings. The van der Waals surface area contributed by atoms with Gasteiger partial charge in [-0.1, -0.05) is 30.3 Å². The Morgan fingerprint density at radius 3 is 2.59 bits per heavy atom. The van der Waals surface area contributed by atoms with Crippen molar-refractivity contribution in [3.05, 3.63) is 83.9 Å². The molecule has 0 aliphatic carbocycles. The van der Waals surface area contributed by atoms with Crippen molar-refractivity contribution in [2.24, 2.45) is 0 Å². The molecule has 0 saturated carbocycles. The molecule has 0 amide bonds. The van der Waals surface area contributed by atoms with E-state index in [-0.39, 0.29) is 5.78 Å². The second kappa shape index (κ2) is 4.61. The first-order valence-corrected chi connectivity index (χ1v) is 6.90. The van der Waals surface area contributed by atoms with Crippen LogP contribution in [0.5, 0.6) is 0 Å². The van der Waals surface area contributed by atoms with Gasteiger partial charge in [-0.3, -0.25) is 4.79 Å². The molecule has 0 aliphatic rings. The Bertz CT molecular complexity index is 1050. The SMILES string of the molecule is N#Cc1cc(C(=O)c2ccccc2)n2ccn3cccc3c12. The van der Waals surface area contributed by atoms with Gasteiger partial charge in [-0.25, -0.2) is 0 Å². The first kappa shape index (κ1) is 12.4. The molecule has 0 N–H and O–H groups in total. The van der Waals surface area contributed by atoms with Gasteiger partial charge in [0.15, 0.2) is 0 Å². The molecule has 0 bridgehead atoms. The third-order valence-electron chi connectivity index (χ3n) is 3.82. The lowest BCUT2D eigenvalue weighted by Crippen LogP contribution is -2.05. The molecule has 104 valence electrons. The third-order valence-corrected chi connectivity index (χ3v) is 3.82. The molecular formula is C18H11N3O. The lowest BCUT2D eigenvalue weighted by atomic mass is 10.1. The zero-order chi connectivity index (χ0) is 15.1. The Hall–Kier alpha value is -3.32. The molecule has 0 saturated heterocycles. The molecule has 3 heterocycles. The number of carbonyl (C=O) groups excluding carboxylic acids is 1. The van der Waals surface area contributed by atoms with Crippen LogP contribution in [0.4, 0.5) is 0 Å². The third kappa shape index (κ3) is 1.66. The molecule has 0 aliphatic heterocycles. The van der Waals surface area contributed by atoms with E-state index in [0.717, 1.165) is 11.0 Å². The van der Waals surface area contributed by atoms with E-state index in [0.29, 0.717) is 16.8 Å². The van der Waals surface area contributed by atoms with Gasteiger partial charge in [0.2, 0.25) is 5.78 Å². The number of nitrogens with zero attached hydrogens (tertiary/aromatic N) is 3. The Morgan fingerprint density at radius 1 is 1.00 bits per heavy atom. The maximum Gasteiger partial charge on any atom is 0.209 e. The average Bonchev–Trinajstić information content (AvgIpc) is 3.18. The number of hydrogen-bond acceptors (Lipinski definition) is 2. The van der Waals surface area contributed by atoms with Gasteiger partial charge in [0.05, 0.1) is 22.3 Å². The second-order valence-corrected chi connectivity index (χ2v) is 5.07. The Morgan fingerprint density at radius 2 is 1.82 bits per heavy atom. The molecule has 1 aromatic carbocycles. The number of carbonyl (C=O) groups is 1. The van der Waals surface area contributed by atoms with Gasteiger partial charge in [-0.15, -0.1) is 0 Å². The molecule has 4 rings (SSSR count). The minimum Gasteiger partial charge on any atom is -0.320 e. The summed E-state index contributed by atoms with van der Waals surface area (Å²) in [6.45, 7) is 0. The molecule has 4 heteroatoms. The Kier molecular flexibility index (Phi) is 2.60. The van der Waals surface area contributed by atoms with E-state index >= 15 is 0 Å². The lowest BCUT2D eigenvalue weighted by Gasteiger charge is -2.04. The van der Waals surface area contributed by atoms with Gasteiger partial charge in [-0.2, -0.15) is 5.26 Å². The van der Waals surface area contributed by atoms with Gasteiger partial charge >= 0.3 is 0 Å². The standard InChI is InChI=1S/C18H11N3O/c19-12-14-11-16(18(22)13-5-2-1-3-6-13)21-10-9-20-8-4-7-15(20)17(14)21/h1-11H. The van der Waals surface area contributed by atoms with E-state index in [1.54, 1.807) is 22.6 Å². The summed E-state index contributed by atoms with van der Waals surface area (Å²) < 4.78 is 3.73. The van der Waals surface area contributed by atoms with Crippen molar-refractivity contribution in [2.75, 3.05) is 0 Å². The van der Waals surface area contributed by atoms with Crippen LogP contribution in [-0.4, -0.2) is 14.6 Å². The maximum absolute atomic E-state index is 12.7. The molecule has 22 heavy (non-hydrogen) atoms. The van der Waals surface area contributed by atoms with Crippen molar-refractivity contribution in [1.82, 2.24) is 8.80 Å². The minimum atomic E-state index is -0.0898. The summed E-state index contributed by atoms with van der Waals surface area (Å²) in [5.74, 6) is -0.0898. The van der Waals surface area contributed by atoms with E-state index in [4.69, 9.17) is 0 Å². The second-order valence-electron chi connectivity index (χ2n) is 5.07. The summed E-state index contributed by atoms with van der Waals surface area (Å²) >= 11 is 0. The summed E-state index contributed by atoms with van der Waals surface area (Å²) in [6, 6.07) is 16.8. The maximum atomic E-state index is 12.7. The fraction of sp³-hybridized carbons (Fsp3) is 0. The highest BCUT2D eigenvalue weighted by molar-refractivity contribution is 6.09. The van der Waals surface area contributed by atoms with Crippen LogP contribution in [0.1, 0.15) is 21.6 Å². The molecule has 0 spiro atoms. The van der Waals surface area contributed by atoms with Gasteiger partial charge < -0.3 is 8.80 Å². The minimum absolute atomic E-state index is 0.0898. The van der Waals surface area contributed by atoms with Crippen LogP contribution in [0.3, 0.4) is 0 Å². The van der Waals surface area contributed by atoms with Crippen LogP contribution in [0, 0.1) is 11.3 Å². The summed E-state index contributed by atoms with van der Waals surface area (Å²) in [6.07, 6.45) is 5.62. The van der Waals surface area contributed by atoms with E-state index in [2.05, 4.69) is 6.07 Å². The first-order chi connectivity index (χ1) is 10.8. The highest BCUT2D eigenvalue weighted by atomic mass is 16.1. The highest BCUT2D eigenvalue weighted by Crippen LogP contribution is 2.23. The predicted octanol–water partition coefficient (Wildman–Crippen LogP) is 3.29. The van der Waals surface area contributed by atoms with Gasteiger partial charge in [0.25, 0.3) is 0 Å². The van der Waals surface area contributed by atoms with Crippen LogP contribution < -0.4 is 0 Å². The fourth-order valence-corrected chi connectivity index (χ4v) is 2.80. The van der Waals surface area contributed by atoms with E-state index in [9.17, 15) is 10.1 Å². The number of rotatable bonds is 2. The summed E-state index contributed by atoms with van der Waals surface area (Å²) in [5.41, 5.74) is 3.28. The van der Waals surface area contributed by atoms with Crippen LogP contribution >= 0.6 is 0 Å². The molecule has 0 fully saturated rings. The molecule has 4 nitrogen and oxygen atoms in total. The number of hydrogen-bond donors (Lipinski definition) is 0. The summed E-state index contributed by atoms with van der Waals surface area (Å²) in [5, 5.41) is 9.41. The monoisotopic (exact) mass is 285 g/mol. The molecule has 0 unspecified atom stereocenters. The van der Waals surface area contributed by atoms with Crippen molar-refractivity contribution in [2.45, 2.75) is 0 Å². The number of aromatic nitrogens is 2. The van der Waals surface area contributed by atoms with Crippen molar-refractivity contribution in [3.8, 4) is 6.07 Å². The normalized spacial score (nSPS) is 10.9. The van der Waals surface area contributed by atoms with Gasteiger partial charge in [0.1, 0.15) is 6.07 Å². The number of fused-ring (bicyclic) bond motifs is 3. The number of ketones is 1. The van der Waals surface area contributed by atoms with Crippen molar-refractivity contribution in [1.29, 1.82) is 5.26 Å². The van der Waals surface area contributed by atoms with Gasteiger partial charge in [0, 0.05) is 24.2 Å². The first-order valence-electron chi connectivity index (χ1n) is 6.90. The van der Waals surface area contributed by atoms with Crippen LogP contribution in [0.15, 0.2) is 67.1 Å². The van der Waals surface area contributed by atoms with E-state index < -0.39 is 0 Å². The highest BCUT2D eigenvalue weighted by Gasteiger charge is 2.18. The average molecular weight is 285 g/mol. The number of nitriles is 1. The van der Waals surface area contributed by atoms with Gasteiger partial charge in [-0.05, 0) is 18.2 Å². The summed E-state index contributed by atoms with van der Waals surface area (Å²) in [4.78, 5) is 12.7. The topological polar surface area (TPSA) is 49.7 Å². The van der Waals surface area contributed by atoms with Crippen molar-refractivity contribution >= 4 is 16.8 Å². The van der Waals surface area contributed by atoms with Crippen LogP contribution in [-0.2, 0) is 0 Å². The Balaban J connectivity index is 2.04. The van der Waals surface area contributed by atoms with Crippen molar-refractivity contribution < 1.29 is 4.79 Å². The molecule has 0 atom stereocenters. The zero-order valence-corrected chi connectivity index (χ0v) is 11.6. The fourth-order valence-electron chi connectivity index (χ4n) is 2.80. The van der Waals surface area contributed by atoms with Crippen LogP contribution in [0.25, 0.3) is 11.0 Å².